The molecule has 0 aromatic heterocycles. The minimum absolute atomic E-state index is 0.301. The van der Waals surface area contributed by atoms with E-state index in [-0.39, 0.29) is 5.91 Å². The zero-order valence-electron chi connectivity index (χ0n) is 4.55. The Bertz CT molecular complexity index is 102. The molecule has 0 aliphatic carbocycles. The van der Waals surface area contributed by atoms with Crippen molar-refractivity contribution in [2.24, 2.45) is 5.73 Å². The monoisotopic (exact) mass is 116 g/mol. The van der Waals surface area contributed by atoms with Gasteiger partial charge in [0.25, 0.3) is 0 Å². The van der Waals surface area contributed by atoms with E-state index >= 15 is 0 Å². The third kappa shape index (κ3) is 3.30. The van der Waals surface area contributed by atoms with Crippen LogP contribution in [0.3, 0.4) is 0 Å². The summed E-state index contributed by atoms with van der Waals surface area (Å²) in [5, 5.41) is 2.16. The summed E-state index contributed by atoms with van der Waals surface area (Å²) in [5.41, 5.74) is 4.97. The van der Waals surface area contributed by atoms with Gasteiger partial charge in [0.15, 0.2) is 6.29 Å². The van der Waals surface area contributed by atoms with Crippen molar-refractivity contribution < 1.29 is 9.59 Å². The van der Waals surface area contributed by atoms with Crippen LogP contribution in [0.15, 0.2) is 0 Å². The molecule has 1 amide bonds. The van der Waals surface area contributed by atoms with Gasteiger partial charge in [0.05, 0.1) is 0 Å². The highest BCUT2D eigenvalue weighted by Gasteiger charge is 1.97. The summed E-state index contributed by atoms with van der Waals surface area (Å²) in [7, 11) is 0. The van der Waals surface area contributed by atoms with Crippen molar-refractivity contribution in [3.8, 4) is 0 Å². The molecular formula is C4H8N2O2. The van der Waals surface area contributed by atoms with Gasteiger partial charge in [0.2, 0.25) is 5.91 Å². The van der Waals surface area contributed by atoms with Crippen molar-refractivity contribution >= 4 is 12.2 Å². The first-order valence-corrected chi connectivity index (χ1v) is 2.15. The molecule has 0 rings (SSSR count). The van der Waals surface area contributed by atoms with Crippen molar-refractivity contribution in [3.05, 3.63) is 0 Å². The van der Waals surface area contributed by atoms with Gasteiger partial charge in [0.1, 0.15) is 6.17 Å². The number of carbonyl (C=O) groups excluding carboxylic acids is 2. The maximum Gasteiger partial charge on any atom is 0.218 e. The number of hydrogen-bond acceptors (Lipinski definition) is 3. The average molecular weight is 116 g/mol. The molecule has 8 heavy (non-hydrogen) atoms. The van der Waals surface area contributed by atoms with Crippen LogP contribution in [-0.2, 0) is 9.59 Å². The normalized spacial score (nSPS) is 12.2. The zero-order chi connectivity index (χ0) is 6.57. The fourth-order valence-electron chi connectivity index (χ4n) is 0.269. The van der Waals surface area contributed by atoms with Crippen molar-refractivity contribution in [1.82, 2.24) is 5.32 Å². The molecular weight excluding hydrogens is 108 g/mol. The van der Waals surface area contributed by atoms with Gasteiger partial charge in [-0.05, 0) is 0 Å². The number of rotatable bonds is 2. The van der Waals surface area contributed by atoms with E-state index in [1.807, 2.05) is 0 Å². The molecule has 46 valence electrons. The molecule has 0 aromatic rings. The molecule has 4 nitrogen and oxygen atoms in total. The van der Waals surface area contributed by atoms with Gasteiger partial charge < -0.3 is 11.1 Å². The standard InChI is InChI=1S/C4H8N2O2/c1-3(8)6-4(5)2-7/h2,4H,5H2,1H3,(H,6,8). The first-order valence-electron chi connectivity index (χ1n) is 2.15. The smallest absolute Gasteiger partial charge is 0.218 e. The first kappa shape index (κ1) is 7.10. The van der Waals surface area contributed by atoms with Gasteiger partial charge in [-0.1, -0.05) is 0 Å². The predicted molar refractivity (Wildman–Crippen MR) is 27.9 cm³/mol. The third-order valence-corrected chi connectivity index (χ3v) is 0.517. The molecule has 1 atom stereocenters. The van der Waals surface area contributed by atoms with Crippen LogP contribution >= 0.6 is 0 Å². The Morgan fingerprint density at radius 1 is 1.88 bits per heavy atom. The predicted octanol–water partition coefficient (Wildman–Crippen LogP) is -1.39. The molecule has 0 radical (unpaired) electrons. The molecule has 0 aliphatic rings. The van der Waals surface area contributed by atoms with Crippen LogP contribution in [0.25, 0.3) is 0 Å². The lowest BCUT2D eigenvalue weighted by Crippen LogP contribution is -2.41. The van der Waals surface area contributed by atoms with Gasteiger partial charge in [0, 0.05) is 6.92 Å². The highest BCUT2D eigenvalue weighted by atomic mass is 16.2. The Morgan fingerprint density at radius 3 is 2.50 bits per heavy atom. The van der Waals surface area contributed by atoms with Crippen LogP contribution in [0, 0.1) is 0 Å². The minimum Gasteiger partial charge on any atom is -0.335 e. The summed E-state index contributed by atoms with van der Waals surface area (Å²) >= 11 is 0. The van der Waals surface area contributed by atoms with Crippen molar-refractivity contribution in [2.75, 3.05) is 0 Å². The van der Waals surface area contributed by atoms with E-state index in [9.17, 15) is 9.59 Å². The van der Waals surface area contributed by atoms with E-state index in [0.29, 0.717) is 6.29 Å². The molecule has 0 aromatic carbocycles. The summed E-state index contributed by atoms with van der Waals surface area (Å²) in [6, 6.07) is 0. The van der Waals surface area contributed by atoms with Crippen molar-refractivity contribution in [3.63, 3.8) is 0 Å². The van der Waals surface area contributed by atoms with Crippen LogP contribution in [0.4, 0.5) is 0 Å². The number of hydrogen-bond donors (Lipinski definition) is 2. The molecule has 0 saturated heterocycles. The number of nitrogens with two attached hydrogens (primary N) is 1. The number of carbonyl (C=O) groups is 2. The fraction of sp³-hybridized carbons (Fsp3) is 0.500. The Labute approximate surface area is 47.0 Å². The molecule has 4 heteroatoms. The molecule has 0 fully saturated rings. The molecule has 1 unspecified atom stereocenters. The molecule has 0 spiro atoms. The second-order valence-corrected chi connectivity index (χ2v) is 1.36. The van der Waals surface area contributed by atoms with Crippen LogP contribution in [0.2, 0.25) is 0 Å². The van der Waals surface area contributed by atoms with Crippen LogP contribution in [0.1, 0.15) is 6.92 Å². The van der Waals surface area contributed by atoms with Gasteiger partial charge >= 0.3 is 0 Å². The van der Waals surface area contributed by atoms with E-state index in [1.165, 1.54) is 6.92 Å². The topological polar surface area (TPSA) is 72.2 Å². The van der Waals surface area contributed by atoms with Crippen LogP contribution in [-0.4, -0.2) is 18.4 Å². The highest BCUT2D eigenvalue weighted by Crippen LogP contribution is 1.61. The quantitative estimate of drug-likeness (QED) is 0.344. The average Bonchev–Trinajstić information content (AvgIpc) is 1.65. The maximum absolute atomic E-state index is 10.1. The summed E-state index contributed by atoms with van der Waals surface area (Å²) in [4.78, 5) is 19.8. The summed E-state index contributed by atoms with van der Waals surface area (Å²) < 4.78 is 0. The van der Waals surface area contributed by atoms with Crippen molar-refractivity contribution in [1.29, 1.82) is 0 Å². The van der Waals surface area contributed by atoms with Gasteiger partial charge in [-0.15, -0.1) is 0 Å². The summed E-state index contributed by atoms with van der Waals surface area (Å²) in [6.07, 6.45) is -0.394. The number of aldehydes is 1. The highest BCUT2D eigenvalue weighted by molar-refractivity contribution is 5.76. The Balaban J connectivity index is 3.38. The Kier molecular flexibility index (Phi) is 2.79. The molecule has 0 heterocycles. The third-order valence-electron chi connectivity index (χ3n) is 0.517. The van der Waals surface area contributed by atoms with E-state index in [1.54, 1.807) is 0 Å². The van der Waals surface area contributed by atoms with Gasteiger partial charge in [-0.25, -0.2) is 0 Å². The van der Waals surface area contributed by atoms with E-state index < -0.39 is 6.17 Å². The number of amides is 1. The molecule has 0 saturated carbocycles. The van der Waals surface area contributed by atoms with E-state index in [4.69, 9.17) is 5.73 Å². The van der Waals surface area contributed by atoms with Crippen LogP contribution < -0.4 is 11.1 Å². The largest absolute Gasteiger partial charge is 0.335 e. The lowest BCUT2D eigenvalue weighted by atomic mass is 10.5. The zero-order valence-corrected chi connectivity index (χ0v) is 4.55. The van der Waals surface area contributed by atoms with Gasteiger partial charge in [-0.3, -0.25) is 9.59 Å². The van der Waals surface area contributed by atoms with E-state index in [0.717, 1.165) is 0 Å². The molecule has 3 N–H and O–H groups in total. The second kappa shape index (κ2) is 3.15. The van der Waals surface area contributed by atoms with Crippen LogP contribution in [0.5, 0.6) is 0 Å². The second-order valence-electron chi connectivity index (χ2n) is 1.36. The summed E-state index contributed by atoms with van der Waals surface area (Å²) in [5.74, 6) is -0.301. The lowest BCUT2D eigenvalue weighted by molar-refractivity contribution is -0.122. The fourth-order valence-corrected chi connectivity index (χ4v) is 0.269. The lowest BCUT2D eigenvalue weighted by Gasteiger charge is -2.01. The molecule has 0 aliphatic heterocycles. The minimum atomic E-state index is -0.854. The SMILES string of the molecule is CC(=O)NC(N)C=O. The Morgan fingerprint density at radius 2 is 2.38 bits per heavy atom. The van der Waals surface area contributed by atoms with E-state index in [2.05, 4.69) is 5.32 Å². The van der Waals surface area contributed by atoms with Crippen molar-refractivity contribution in [2.45, 2.75) is 13.1 Å². The number of nitrogens with one attached hydrogen (secondary N) is 1. The maximum atomic E-state index is 10.1. The molecule has 0 bridgehead atoms. The first-order chi connectivity index (χ1) is 3.66. The van der Waals surface area contributed by atoms with Gasteiger partial charge in [-0.2, -0.15) is 0 Å². The summed E-state index contributed by atoms with van der Waals surface area (Å²) in [6.45, 7) is 1.30. The Hall–Kier alpha value is -0.900.